The van der Waals surface area contributed by atoms with E-state index in [0.717, 1.165) is 4.90 Å². The van der Waals surface area contributed by atoms with E-state index in [1.807, 2.05) is 6.92 Å². The molecule has 1 rings (SSSR count). The SMILES string of the molecule is CCCN(CC(F)F)C(=O)c1cccnc1OC. The molecule has 0 aliphatic heterocycles. The van der Waals surface area contributed by atoms with E-state index in [1.165, 1.54) is 19.4 Å². The molecule has 0 aromatic carbocycles. The molecular formula is C12H16F2N2O2. The van der Waals surface area contributed by atoms with Crippen molar-refractivity contribution in [2.75, 3.05) is 20.2 Å². The van der Waals surface area contributed by atoms with Crippen molar-refractivity contribution in [2.24, 2.45) is 0 Å². The van der Waals surface area contributed by atoms with Crippen LogP contribution in [-0.4, -0.2) is 42.4 Å². The van der Waals surface area contributed by atoms with Crippen LogP contribution in [0.2, 0.25) is 0 Å². The molecule has 0 saturated heterocycles. The van der Waals surface area contributed by atoms with E-state index in [4.69, 9.17) is 4.74 Å². The number of methoxy groups -OCH3 is 1. The fraction of sp³-hybridized carbons (Fsp3) is 0.500. The topological polar surface area (TPSA) is 42.4 Å². The van der Waals surface area contributed by atoms with Crippen molar-refractivity contribution in [3.8, 4) is 5.88 Å². The molecule has 1 amide bonds. The van der Waals surface area contributed by atoms with Gasteiger partial charge in [0.05, 0.1) is 13.7 Å². The maximum atomic E-state index is 12.4. The first-order valence-corrected chi connectivity index (χ1v) is 5.66. The quantitative estimate of drug-likeness (QED) is 0.785. The first-order valence-electron chi connectivity index (χ1n) is 5.66. The van der Waals surface area contributed by atoms with Crippen LogP contribution in [-0.2, 0) is 0 Å². The molecule has 1 aromatic rings. The monoisotopic (exact) mass is 258 g/mol. The van der Waals surface area contributed by atoms with Crippen molar-refractivity contribution in [1.29, 1.82) is 0 Å². The number of ether oxygens (including phenoxy) is 1. The Kier molecular flexibility index (Phi) is 5.48. The lowest BCUT2D eigenvalue weighted by Gasteiger charge is -2.22. The van der Waals surface area contributed by atoms with Gasteiger partial charge in [-0.05, 0) is 18.6 Å². The third-order valence-corrected chi connectivity index (χ3v) is 2.33. The number of aromatic nitrogens is 1. The van der Waals surface area contributed by atoms with Gasteiger partial charge in [-0.3, -0.25) is 4.79 Å². The minimum atomic E-state index is -2.55. The smallest absolute Gasteiger partial charge is 0.259 e. The summed E-state index contributed by atoms with van der Waals surface area (Å²) >= 11 is 0. The summed E-state index contributed by atoms with van der Waals surface area (Å²) in [6.07, 6.45) is -0.461. The second kappa shape index (κ2) is 6.88. The molecule has 0 radical (unpaired) electrons. The van der Waals surface area contributed by atoms with Gasteiger partial charge in [-0.15, -0.1) is 0 Å². The highest BCUT2D eigenvalue weighted by Gasteiger charge is 2.22. The van der Waals surface area contributed by atoms with Crippen molar-refractivity contribution in [2.45, 2.75) is 19.8 Å². The zero-order valence-corrected chi connectivity index (χ0v) is 10.4. The number of amides is 1. The Labute approximate surface area is 105 Å². The lowest BCUT2D eigenvalue weighted by Crippen LogP contribution is -2.36. The van der Waals surface area contributed by atoms with E-state index in [-0.39, 0.29) is 18.0 Å². The molecule has 0 saturated carbocycles. The van der Waals surface area contributed by atoms with Crippen LogP contribution in [0, 0.1) is 0 Å². The average molecular weight is 258 g/mol. The molecule has 100 valence electrons. The molecule has 6 heteroatoms. The summed E-state index contributed by atoms with van der Waals surface area (Å²) in [6, 6.07) is 3.09. The molecule has 0 aliphatic rings. The highest BCUT2D eigenvalue weighted by Crippen LogP contribution is 2.17. The molecule has 1 heterocycles. The van der Waals surface area contributed by atoms with E-state index in [9.17, 15) is 13.6 Å². The number of pyridine rings is 1. The van der Waals surface area contributed by atoms with Gasteiger partial charge in [-0.25, -0.2) is 13.8 Å². The van der Waals surface area contributed by atoms with Crippen molar-refractivity contribution in [3.05, 3.63) is 23.9 Å². The predicted molar refractivity (Wildman–Crippen MR) is 63.0 cm³/mol. The van der Waals surface area contributed by atoms with E-state index in [0.29, 0.717) is 6.42 Å². The van der Waals surface area contributed by atoms with Crippen molar-refractivity contribution < 1.29 is 18.3 Å². The van der Waals surface area contributed by atoms with Crippen LogP contribution in [0.25, 0.3) is 0 Å². The average Bonchev–Trinajstić information content (AvgIpc) is 2.37. The van der Waals surface area contributed by atoms with Crippen LogP contribution >= 0.6 is 0 Å². The number of nitrogens with zero attached hydrogens (tertiary/aromatic N) is 2. The van der Waals surface area contributed by atoms with Crippen LogP contribution in [0.3, 0.4) is 0 Å². The third-order valence-electron chi connectivity index (χ3n) is 2.33. The maximum Gasteiger partial charge on any atom is 0.259 e. The molecule has 0 bridgehead atoms. The molecule has 0 aliphatic carbocycles. The first-order chi connectivity index (χ1) is 8.60. The fourth-order valence-corrected chi connectivity index (χ4v) is 1.60. The van der Waals surface area contributed by atoms with Gasteiger partial charge in [0, 0.05) is 12.7 Å². The van der Waals surface area contributed by atoms with E-state index < -0.39 is 18.9 Å². The summed E-state index contributed by atoms with van der Waals surface area (Å²) < 4.78 is 29.8. The van der Waals surface area contributed by atoms with Crippen LogP contribution < -0.4 is 4.74 Å². The first kappa shape index (κ1) is 14.3. The Bertz CT molecular complexity index is 399. The summed E-state index contributed by atoms with van der Waals surface area (Å²) in [5, 5.41) is 0. The normalized spacial score (nSPS) is 10.5. The fourth-order valence-electron chi connectivity index (χ4n) is 1.60. The minimum Gasteiger partial charge on any atom is -0.480 e. The Morgan fingerprint density at radius 3 is 2.83 bits per heavy atom. The molecule has 1 aromatic heterocycles. The standard InChI is InChI=1S/C12H16F2N2O2/c1-3-7-16(8-10(13)14)12(17)9-5-4-6-15-11(9)18-2/h4-6,10H,3,7-8H2,1-2H3. The number of halogens is 2. The lowest BCUT2D eigenvalue weighted by atomic mass is 10.2. The highest BCUT2D eigenvalue weighted by molar-refractivity contribution is 5.96. The predicted octanol–water partition coefficient (Wildman–Crippen LogP) is 2.21. The maximum absolute atomic E-state index is 12.4. The van der Waals surface area contributed by atoms with E-state index in [1.54, 1.807) is 6.07 Å². The number of rotatable bonds is 6. The number of carbonyl (C=O) groups excluding carboxylic acids is 1. The summed E-state index contributed by atoms with van der Waals surface area (Å²) in [5.74, 6) is -0.333. The van der Waals surface area contributed by atoms with Crippen LogP contribution in [0.5, 0.6) is 5.88 Å². The van der Waals surface area contributed by atoms with Gasteiger partial charge in [0.25, 0.3) is 12.3 Å². The molecule has 0 spiro atoms. The lowest BCUT2D eigenvalue weighted by molar-refractivity contribution is 0.0552. The van der Waals surface area contributed by atoms with Crippen LogP contribution in [0.4, 0.5) is 8.78 Å². The number of hydrogen-bond acceptors (Lipinski definition) is 3. The van der Waals surface area contributed by atoms with Gasteiger partial charge in [0.2, 0.25) is 5.88 Å². The van der Waals surface area contributed by atoms with Gasteiger partial charge >= 0.3 is 0 Å². The minimum absolute atomic E-state index is 0.151. The third kappa shape index (κ3) is 3.65. The Morgan fingerprint density at radius 1 is 1.56 bits per heavy atom. The number of alkyl halides is 2. The van der Waals surface area contributed by atoms with Crippen molar-refractivity contribution in [3.63, 3.8) is 0 Å². The zero-order valence-electron chi connectivity index (χ0n) is 10.4. The summed E-state index contributed by atoms with van der Waals surface area (Å²) in [5.41, 5.74) is 0.203. The number of hydrogen-bond donors (Lipinski definition) is 0. The van der Waals surface area contributed by atoms with Crippen molar-refractivity contribution in [1.82, 2.24) is 9.88 Å². The molecule has 0 unspecified atom stereocenters. The van der Waals surface area contributed by atoms with Gasteiger partial charge in [-0.2, -0.15) is 0 Å². The summed E-state index contributed by atoms with van der Waals surface area (Å²) in [6.45, 7) is 1.53. The summed E-state index contributed by atoms with van der Waals surface area (Å²) in [4.78, 5) is 17.1. The molecule has 0 N–H and O–H groups in total. The summed E-state index contributed by atoms with van der Waals surface area (Å²) in [7, 11) is 1.39. The Balaban J connectivity index is 2.94. The van der Waals surface area contributed by atoms with Gasteiger partial charge in [0.1, 0.15) is 5.56 Å². The van der Waals surface area contributed by atoms with Crippen molar-refractivity contribution >= 4 is 5.91 Å². The van der Waals surface area contributed by atoms with E-state index >= 15 is 0 Å². The molecule has 18 heavy (non-hydrogen) atoms. The van der Waals surface area contributed by atoms with E-state index in [2.05, 4.69) is 4.98 Å². The molecule has 4 nitrogen and oxygen atoms in total. The largest absolute Gasteiger partial charge is 0.480 e. The Morgan fingerprint density at radius 2 is 2.28 bits per heavy atom. The molecular weight excluding hydrogens is 242 g/mol. The van der Waals surface area contributed by atoms with Crippen LogP contribution in [0.15, 0.2) is 18.3 Å². The Hall–Kier alpha value is -1.72. The van der Waals surface area contributed by atoms with Crippen LogP contribution in [0.1, 0.15) is 23.7 Å². The second-order valence-corrected chi connectivity index (χ2v) is 3.70. The molecule has 0 atom stereocenters. The van der Waals surface area contributed by atoms with Gasteiger partial charge in [-0.1, -0.05) is 6.92 Å². The van der Waals surface area contributed by atoms with Gasteiger partial charge < -0.3 is 9.64 Å². The highest BCUT2D eigenvalue weighted by atomic mass is 19.3. The molecule has 0 fully saturated rings. The second-order valence-electron chi connectivity index (χ2n) is 3.70. The zero-order chi connectivity index (χ0) is 13.5. The van der Waals surface area contributed by atoms with Gasteiger partial charge in [0.15, 0.2) is 0 Å². The number of carbonyl (C=O) groups is 1.